The molecule has 0 saturated carbocycles. The van der Waals surface area contributed by atoms with Gasteiger partial charge in [0.15, 0.2) is 10.9 Å². The summed E-state index contributed by atoms with van der Waals surface area (Å²) in [5.41, 5.74) is 0.877. The van der Waals surface area contributed by atoms with Crippen LogP contribution in [0.3, 0.4) is 0 Å². The van der Waals surface area contributed by atoms with Crippen LogP contribution >= 0.6 is 80.6 Å². The number of nitrogens with one attached hydrogen (secondary N) is 2. The predicted octanol–water partition coefficient (Wildman–Crippen LogP) is 6.29. The molecular formula is C19H10Cl2I2N2O4S. The Bertz CT molecular complexity index is 1180. The molecule has 1 aromatic heterocycles. The lowest BCUT2D eigenvalue weighted by molar-refractivity contribution is 0.0697. The molecule has 30 heavy (non-hydrogen) atoms. The molecule has 0 atom stereocenters. The van der Waals surface area contributed by atoms with E-state index in [1.807, 2.05) is 45.2 Å². The van der Waals surface area contributed by atoms with Crippen LogP contribution in [-0.2, 0) is 0 Å². The Morgan fingerprint density at radius 2 is 1.80 bits per heavy atom. The van der Waals surface area contributed by atoms with Gasteiger partial charge in [0.25, 0.3) is 5.91 Å². The molecule has 3 N–H and O–H groups in total. The van der Waals surface area contributed by atoms with Crippen molar-refractivity contribution in [2.45, 2.75) is 0 Å². The average Bonchev–Trinajstić information content (AvgIpc) is 3.15. The summed E-state index contributed by atoms with van der Waals surface area (Å²) >= 11 is 21.3. The largest absolute Gasteiger partial charge is 0.478 e. The van der Waals surface area contributed by atoms with Gasteiger partial charge >= 0.3 is 5.97 Å². The highest BCUT2D eigenvalue weighted by Crippen LogP contribution is 2.32. The summed E-state index contributed by atoms with van der Waals surface area (Å²) in [6.07, 6.45) is 0. The van der Waals surface area contributed by atoms with Crippen molar-refractivity contribution >= 4 is 103 Å². The summed E-state index contributed by atoms with van der Waals surface area (Å²) in [6.45, 7) is 0. The number of thiocarbonyl (C=S) groups is 1. The first-order chi connectivity index (χ1) is 14.2. The van der Waals surface area contributed by atoms with Crippen molar-refractivity contribution in [3.05, 3.63) is 71.0 Å². The van der Waals surface area contributed by atoms with E-state index >= 15 is 0 Å². The molecule has 3 aromatic rings. The molecule has 0 radical (unpaired) electrons. The Kier molecular flexibility index (Phi) is 7.61. The summed E-state index contributed by atoms with van der Waals surface area (Å²) < 4.78 is 6.99. The van der Waals surface area contributed by atoms with Gasteiger partial charge in [0.05, 0.1) is 16.3 Å². The minimum absolute atomic E-state index is 0.000886. The summed E-state index contributed by atoms with van der Waals surface area (Å²) in [5.74, 6) is -1.35. The molecule has 3 rings (SSSR count). The third kappa shape index (κ3) is 5.44. The molecule has 0 bridgehead atoms. The fourth-order valence-electron chi connectivity index (χ4n) is 2.47. The summed E-state index contributed by atoms with van der Waals surface area (Å²) in [4.78, 5) is 24.0. The summed E-state index contributed by atoms with van der Waals surface area (Å²) in [7, 11) is 0. The van der Waals surface area contributed by atoms with Crippen LogP contribution in [0.2, 0.25) is 10.0 Å². The van der Waals surface area contributed by atoms with Crippen LogP contribution < -0.4 is 10.6 Å². The maximum absolute atomic E-state index is 12.5. The number of hydrogen-bond acceptors (Lipinski definition) is 4. The highest BCUT2D eigenvalue weighted by Gasteiger charge is 2.19. The molecule has 0 aliphatic rings. The zero-order chi connectivity index (χ0) is 22.0. The van der Waals surface area contributed by atoms with E-state index in [-0.39, 0.29) is 16.4 Å². The third-order valence-corrected chi connectivity index (χ3v) is 6.02. The second-order valence-electron chi connectivity index (χ2n) is 5.81. The zero-order valence-electron chi connectivity index (χ0n) is 14.6. The van der Waals surface area contributed by atoms with Crippen molar-refractivity contribution in [3.63, 3.8) is 0 Å². The molecule has 1 amide bonds. The average molecular weight is 687 g/mol. The standard InChI is InChI=1S/C19H10Cl2I2N2O4S/c20-8-1-2-12(21)10(5-8)14-3-4-15(29-14)17(26)25-19(30)24-16-11(18(27)28)6-9(22)7-13(16)23/h1-7H,(H,27,28)(H2,24,25,26,30). The Morgan fingerprint density at radius 3 is 2.50 bits per heavy atom. The van der Waals surface area contributed by atoms with Crippen molar-refractivity contribution in [1.29, 1.82) is 0 Å². The SMILES string of the molecule is O=C(NC(=S)Nc1c(I)cc(I)cc1C(=O)O)c1ccc(-c2cc(Cl)ccc2Cl)o1. The molecule has 0 unspecified atom stereocenters. The van der Waals surface area contributed by atoms with E-state index in [0.717, 1.165) is 3.57 Å². The van der Waals surface area contributed by atoms with Gasteiger partial charge < -0.3 is 14.8 Å². The van der Waals surface area contributed by atoms with Crippen LogP contribution in [0.1, 0.15) is 20.9 Å². The second-order valence-corrected chi connectivity index (χ2v) is 9.47. The molecular weight excluding hydrogens is 677 g/mol. The van der Waals surface area contributed by atoms with Gasteiger partial charge in [-0.25, -0.2) is 4.79 Å². The number of carboxylic acids is 1. The number of furan rings is 1. The van der Waals surface area contributed by atoms with Crippen molar-refractivity contribution in [2.75, 3.05) is 5.32 Å². The lowest BCUT2D eigenvalue weighted by Gasteiger charge is -2.13. The molecule has 0 aliphatic heterocycles. The molecule has 0 fully saturated rings. The maximum Gasteiger partial charge on any atom is 0.337 e. The lowest BCUT2D eigenvalue weighted by Crippen LogP contribution is -2.34. The Labute approximate surface area is 213 Å². The van der Waals surface area contributed by atoms with Crippen LogP contribution in [0.15, 0.2) is 46.9 Å². The summed E-state index contributed by atoms with van der Waals surface area (Å²) in [5, 5.41) is 15.5. The van der Waals surface area contributed by atoms with Crippen LogP contribution in [0.4, 0.5) is 5.69 Å². The minimum atomic E-state index is -1.11. The zero-order valence-corrected chi connectivity index (χ0v) is 21.3. The first-order valence-electron chi connectivity index (χ1n) is 8.05. The van der Waals surface area contributed by atoms with Crippen LogP contribution in [-0.4, -0.2) is 22.1 Å². The number of carbonyl (C=O) groups is 2. The number of carboxylic acid groups (broad SMARTS) is 1. The molecule has 2 aromatic carbocycles. The lowest BCUT2D eigenvalue weighted by atomic mass is 10.2. The van der Waals surface area contributed by atoms with Gasteiger partial charge in [0.2, 0.25) is 0 Å². The number of aromatic carboxylic acids is 1. The summed E-state index contributed by atoms with van der Waals surface area (Å²) in [6, 6.07) is 11.3. The van der Waals surface area contributed by atoms with Gasteiger partial charge in [-0.1, -0.05) is 23.2 Å². The molecule has 0 spiro atoms. The van der Waals surface area contributed by atoms with Gasteiger partial charge in [0, 0.05) is 17.7 Å². The van der Waals surface area contributed by atoms with Crippen LogP contribution in [0.5, 0.6) is 0 Å². The molecule has 154 valence electrons. The predicted molar refractivity (Wildman–Crippen MR) is 137 cm³/mol. The van der Waals surface area contributed by atoms with E-state index in [2.05, 4.69) is 10.6 Å². The minimum Gasteiger partial charge on any atom is -0.478 e. The van der Waals surface area contributed by atoms with Gasteiger partial charge in [0.1, 0.15) is 5.76 Å². The van der Waals surface area contributed by atoms with E-state index in [0.29, 0.717) is 30.6 Å². The molecule has 0 aliphatic carbocycles. The number of anilines is 1. The smallest absolute Gasteiger partial charge is 0.337 e. The highest BCUT2D eigenvalue weighted by atomic mass is 127. The fraction of sp³-hybridized carbons (Fsp3) is 0. The fourth-order valence-corrected chi connectivity index (χ4v) is 5.03. The molecule has 11 heteroatoms. The number of carbonyl (C=O) groups excluding carboxylic acids is 1. The van der Waals surface area contributed by atoms with Crippen molar-refractivity contribution in [3.8, 4) is 11.3 Å². The van der Waals surface area contributed by atoms with Crippen LogP contribution in [0, 0.1) is 7.14 Å². The van der Waals surface area contributed by atoms with E-state index in [1.54, 1.807) is 30.3 Å². The molecule has 6 nitrogen and oxygen atoms in total. The number of benzene rings is 2. The number of rotatable bonds is 4. The third-order valence-electron chi connectivity index (χ3n) is 3.77. The molecule has 0 saturated heterocycles. The van der Waals surface area contributed by atoms with E-state index in [1.165, 1.54) is 12.1 Å². The van der Waals surface area contributed by atoms with Crippen LogP contribution in [0.25, 0.3) is 11.3 Å². The van der Waals surface area contributed by atoms with Gasteiger partial charge in [-0.2, -0.15) is 0 Å². The number of halogens is 4. The first kappa shape index (κ1) is 23.3. The topological polar surface area (TPSA) is 91.6 Å². The Balaban J connectivity index is 1.76. The first-order valence-corrected chi connectivity index (χ1v) is 11.4. The number of amides is 1. The monoisotopic (exact) mass is 686 g/mol. The number of hydrogen-bond donors (Lipinski definition) is 3. The highest BCUT2D eigenvalue weighted by molar-refractivity contribution is 14.1. The van der Waals surface area contributed by atoms with E-state index in [4.69, 9.17) is 39.8 Å². The second kappa shape index (κ2) is 9.81. The van der Waals surface area contributed by atoms with Gasteiger partial charge in [-0.3, -0.25) is 10.1 Å². The van der Waals surface area contributed by atoms with Crippen molar-refractivity contribution < 1.29 is 19.1 Å². The van der Waals surface area contributed by atoms with E-state index in [9.17, 15) is 14.7 Å². The molecule has 1 heterocycles. The maximum atomic E-state index is 12.5. The van der Waals surface area contributed by atoms with Crippen molar-refractivity contribution in [2.24, 2.45) is 0 Å². The quantitative estimate of drug-likeness (QED) is 0.221. The van der Waals surface area contributed by atoms with Gasteiger partial charge in [-0.05, 0) is 99.9 Å². The van der Waals surface area contributed by atoms with Gasteiger partial charge in [-0.15, -0.1) is 0 Å². The Morgan fingerprint density at radius 1 is 1.07 bits per heavy atom. The van der Waals surface area contributed by atoms with Crippen molar-refractivity contribution in [1.82, 2.24) is 5.32 Å². The van der Waals surface area contributed by atoms with E-state index < -0.39 is 11.9 Å². The normalized spacial score (nSPS) is 10.5. The Hall–Kier alpha value is -1.41.